The predicted octanol–water partition coefficient (Wildman–Crippen LogP) is 2.59. The van der Waals surface area contributed by atoms with Crippen molar-refractivity contribution in [1.29, 1.82) is 0 Å². The van der Waals surface area contributed by atoms with Crippen LogP contribution in [0, 0.1) is 0 Å². The molecule has 112 valence electrons. The van der Waals surface area contributed by atoms with Gasteiger partial charge in [-0.2, -0.15) is 4.31 Å². The molecule has 1 heterocycles. The Morgan fingerprint density at radius 2 is 1.80 bits per heavy atom. The van der Waals surface area contributed by atoms with Gasteiger partial charge in [0.1, 0.15) is 4.90 Å². The van der Waals surface area contributed by atoms with Gasteiger partial charge in [-0.3, -0.25) is 0 Å². The van der Waals surface area contributed by atoms with Crippen molar-refractivity contribution in [3.05, 3.63) is 21.1 Å². The quantitative estimate of drug-likeness (QED) is 0.736. The number of nitrogen functional groups attached to an aromatic ring is 1. The summed E-state index contributed by atoms with van der Waals surface area (Å²) >= 11 is 6.57. The Labute approximate surface area is 135 Å². The monoisotopic (exact) mass is 426 g/mol. The number of benzene rings is 1. The summed E-state index contributed by atoms with van der Waals surface area (Å²) in [5.74, 6) is 0. The van der Waals surface area contributed by atoms with E-state index in [0.717, 1.165) is 4.47 Å². The lowest BCUT2D eigenvalue weighted by molar-refractivity contribution is -0.0440. The fourth-order valence-corrected chi connectivity index (χ4v) is 5.91. The van der Waals surface area contributed by atoms with Gasteiger partial charge in [0.15, 0.2) is 0 Å². The second-order valence-corrected chi connectivity index (χ2v) is 8.53. The van der Waals surface area contributed by atoms with Gasteiger partial charge < -0.3 is 10.5 Å². The summed E-state index contributed by atoms with van der Waals surface area (Å²) in [5, 5.41) is 0. The van der Waals surface area contributed by atoms with Crippen LogP contribution in [-0.4, -0.2) is 38.0 Å². The van der Waals surface area contributed by atoms with E-state index < -0.39 is 10.0 Å². The molecule has 5 nitrogen and oxygen atoms in total. The molecule has 0 bridgehead atoms. The Morgan fingerprint density at radius 1 is 1.25 bits per heavy atom. The lowest BCUT2D eigenvalue weighted by Gasteiger charge is -2.34. The van der Waals surface area contributed by atoms with E-state index in [2.05, 4.69) is 31.9 Å². The van der Waals surface area contributed by atoms with E-state index in [-0.39, 0.29) is 22.8 Å². The maximum Gasteiger partial charge on any atom is 0.246 e. The molecule has 1 aromatic rings. The minimum Gasteiger partial charge on any atom is -0.398 e. The van der Waals surface area contributed by atoms with Crippen LogP contribution in [0.1, 0.15) is 13.8 Å². The number of hydrogen-bond donors (Lipinski definition) is 1. The summed E-state index contributed by atoms with van der Waals surface area (Å²) in [4.78, 5) is 0.113. The lowest BCUT2D eigenvalue weighted by Crippen LogP contribution is -2.48. The fourth-order valence-electron chi connectivity index (χ4n) is 2.31. The smallest absolute Gasteiger partial charge is 0.246 e. The Kier molecular flexibility index (Phi) is 4.80. The molecule has 8 heteroatoms. The molecule has 2 unspecified atom stereocenters. The highest BCUT2D eigenvalue weighted by Gasteiger charge is 2.34. The van der Waals surface area contributed by atoms with Crippen LogP contribution in [0.5, 0.6) is 0 Å². The summed E-state index contributed by atoms with van der Waals surface area (Å²) in [7, 11) is -3.65. The molecule has 1 aliphatic heterocycles. The molecule has 0 aromatic heterocycles. The van der Waals surface area contributed by atoms with Crippen LogP contribution < -0.4 is 5.73 Å². The number of nitrogens with zero attached hydrogens (tertiary/aromatic N) is 1. The molecular formula is C12H16Br2N2O3S. The van der Waals surface area contributed by atoms with Crippen LogP contribution in [-0.2, 0) is 14.8 Å². The molecule has 20 heavy (non-hydrogen) atoms. The zero-order valence-corrected chi connectivity index (χ0v) is 15.1. The van der Waals surface area contributed by atoms with E-state index in [1.54, 1.807) is 12.1 Å². The molecule has 0 spiro atoms. The van der Waals surface area contributed by atoms with Crippen molar-refractivity contribution < 1.29 is 13.2 Å². The van der Waals surface area contributed by atoms with Gasteiger partial charge in [0.2, 0.25) is 10.0 Å². The van der Waals surface area contributed by atoms with E-state index in [4.69, 9.17) is 10.5 Å². The normalized spacial score (nSPS) is 24.8. The Bertz CT molecular complexity index is 588. The van der Waals surface area contributed by atoms with Crippen LogP contribution in [0.15, 0.2) is 26.0 Å². The number of hydrogen-bond acceptors (Lipinski definition) is 4. The number of halogens is 2. The molecular weight excluding hydrogens is 412 g/mol. The molecule has 1 fully saturated rings. The summed E-state index contributed by atoms with van der Waals surface area (Å²) < 4.78 is 33.7. The first-order chi connectivity index (χ1) is 9.21. The van der Waals surface area contributed by atoms with E-state index >= 15 is 0 Å². The third-order valence-electron chi connectivity index (χ3n) is 3.02. The minimum absolute atomic E-state index is 0.113. The van der Waals surface area contributed by atoms with E-state index in [9.17, 15) is 8.42 Å². The largest absolute Gasteiger partial charge is 0.398 e. The second-order valence-electron chi connectivity index (χ2n) is 4.89. The van der Waals surface area contributed by atoms with Crippen molar-refractivity contribution in [1.82, 2.24) is 4.31 Å². The molecule has 1 aliphatic rings. The molecule has 2 N–H and O–H groups in total. The molecule has 2 atom stereocenters. The third-order valence-corrected chi connectivity index (χ3v) is 6.32. The number of morpholine rings is 1. The average molecular weight is 428 g/mol. The number of nitrogens with two attached hydrogens (primary N) is 1. The maximum absolute atomic E-state index is 12.8. The first kappa shape index (κ1) is 16.2. The van der Waals surface area contributed by atoms with Crippen molar-refractivity contribution >= 4 is 47.6 Å². The summed E-state index contributed by atoms with van der Waals surface area (Å²) in [5.41, 5.74) is 6.11. The second kappa shape index (κ2) is 5.92. The Balaban J connectivity index is 2.45. The van der Waals surface area contributed by atoms with Crippen LogP contribution in [0.3, 0.4) is 0 Å². The van der Waals surface area contributed by atoms with Crippen molar-refractivity contribution in [2.45, 2.75) is 31.0 Å². The van der Waals surface area contributed by atoms with Gasteiger partial charge in [-0.1, -0.05) is 15.9 Å². The van der Waals surface area contributed by atoms with Gasteiger partial charge in [0.25, 0.3) is 0 Å². The van der Waals surface area contributed by atoms with Gasteiger partial charge in [-0.15, -0.1) is 0 Å². The standard InChI is InChI=1S/C12H16Br2N2O3S/c1-7-5-16(6-8(2)19-7)20(17,18)12-10(14)3-9(13)4-11(12)15/h3-4,7-8H,5-6,15H2,1-2H3. The van der Waals surface area contributed by atoms with Crippen molar-refractivity contribution in [2.75, 3.05) is 18.8 Å². The van der Waals surface area contributed by atoms with Crippen LogP contribution in [0.2, 0.25) is 0 Å². The molecule has 0 saturated carbocycles. The Hall–Kier alpha value is -0.150. The number of anilines is 1. The van der Waals surface area contributed by atoms with Crippen LogP contribution in [0.25, 0.3) is 0 Å². The SMILES string of the molecule is CC1CN(S(=O)(=O)c2c(N)cc(Br)cc2Br)CC(C)O1. The van der Waals surface area contributed by atoms with Crippen molar-refractivity contribution in [3.8, 4) is 0 Å². The first-order valence-corrected chi connectivity index (χ1v) is 9.14. The lowest BCUT2D eigenvalue weighted by atomic mass is 10.3. The summed E-state index contributed by atoms with van der Waals surface area (Å²) in [6.07, 6.45) is -0.270. The molecule has 0 aliphatic carbocycles. The fraction of sp³-hybridized carbons (Fsp3) is 0.500. The average Bonchev–Trinajstić information content (AvgIpc) is 2.25. The number of rotatable bonds is 2. The van der Waals surface area contributed by atoms with Gasteiger partial charge in [-0.25, -0.2) is 8.42 Å². The zero-order valence-electron chi connectivity index (χ0n) is 11.1. The molecule has 2 rings (SSSR count). The molecule has 0 amide bonds. The minimum atomic E-state index is -3.65. The molecule has 0 radical (unpaired) electrons. The van der Waals surface area contributed by atoms with Crippen LogP contribution >= 0.6 is 31.9 Å². The number of sulfonamides is 1. The highest BCUT2D eigenvalue weighted by Crippen LogP contribution is 2.34. The van der Waals surface area contributed by atoms with Crippen molar-refractivity contribution in [2.24, 2.45) is 0 Å². The molecule has 1 aromatic carbocycles. The maximum atomic E-state index is 12.8. The van der Waals surface area contributed by atoms with E-state index in [0.29, 0.717) is 17.6 Å². The first-order valence-electron chi connectivity index (χ1n) is 6.12. The summed E-state index contributed by atoms with van der Waals surface area (Å²) in [6, 6.07) is 3.27. The van der Waals surface area contributed by atoms with Gasteiger partial charge in [-0.05, 0) is 41.9 Å². The highest BCUT2D eigenvalue weighted by molar-refractivity contribution is 9.11. The zero-order chi connectivity index (χ0) is 15.1. The summed E-state index contributed by atoms with van der Waals surface area (Å²) in [6.45, 7) is 4.37. The van der Waals surface area contributed by atoms with Gasteiger partial charge in [0.05, 0.1) is 17.9 Å². The Morgan fingerprint density at radius 3 is 2.30 bits per heavy atom. The highest BCUT2D eigenvalue weighted by atomic mass is 79.9. The van der Waals surface area contributed by atoms with E-state index in [1.165, 1.54) is 4.31 Å². The van der Waals surface area contributed by atoms with E-state index in [1.807, 2.05) is 13.8 Å². The predicted molar refractivity (Wildman–Crippen MR) is 85.0 cm³/mol. The topological polar surface area (TPSA) is 72.6 Å². The third kappa shape index (κ3) is 3.19. The molecule has 1 saturated heterocycles. The van der Waals surface area contributed by atoms with Gasteiger partial charge in [0, 0.05) is 22.0 Å². The van der Waals surface area contributed by atoms with Crippen molar-refractivity contribution in [3.63, 3.8) is 0 Å². The van der Waals surface area contributed by atoms with Crippen LogP contribution in [0.4, 0.5) is 5.69 Å². The number of ether oxygens (including phenoxy) is 1. The van der Waals surface area contributed by atoms with Gasteiger partial charge >= 0.3 is 0 Å².